The summed E-state index contributed by atoms with van der Waals surface area (Å²) in [6.45, 7) is 5.46. The summed E-state index contributed by atoms with van der Waals surface area (Å²) >= 11 is 0. The van der Waals surface area contributed by atoms with E-state index >= 15 is 0 Å². The Labute approximate surface area is 125 Å². The normalized spacial score (nSPS) is 19.9. The molecular weight excluding hydrogens is 276 g/mol. The maximum absolute atomic E-state index is 11.9. The third-order valence-electron chi connectivity index (χ3n) is 3.23. The lowest BCUT2D eigenvalue weighted by Gasteiger charge is -2.51. The Bertz CT molecular complexity index is 490. The monoisotopic (exact) mass is 296 g/mol. The highest BCUT2D eigenvalue weighted by Crippen LogP contribution is 2.32. The fourth-order valence-electron chi connectivity index (χ4n) is 2.14. The van der Waals surface area contributed by atoms with Gasteiger partial charge in [-0.1, -0.05) is 30.3 Å². The van der Waals surface area contributed by atoms with Crippen molar-refractivity contribution in [1.29, 1.82) is 0 Å². The highest BCUT2D eigenvalue weighted by Gasteiger charge is 2.56. The maximum atomic E-state index is 11.9. The summed E-state index contributed by atoms with van der Waals surface area (Å²) in [6, 6.07) is 9.12. The van der Waals surface area contributed by atoms with Gasteiger partial charge in [0.1, 0.15) is 12.6 Å². The van der Waals surface area contributed by atoms with E-state index in [0.717, 1.165) is 5.56 Å². The average Bonchev–Trinajstić information content (AvgIpc) is 2.37. The molecule has 110 valence electrons. The van der Waals surface area contributed by atoms with Crippen molar-refractivity contribution >= 4 is 25.3 Å². The Balaban J connectivity index is 0.00000200. The highest BCUT2D eigenvalue weighted by atomic mass is 32.1. The predicted molar refractivity (Wildman–Crippen MR) is 80.1 cm³/mol. The molecule has 0 spiro atoms. The third-order valence-corrected chi connectivity index (χ3v) is 3.23. The molecule has 2 amide bonds. The van der Waals surface area contributed by atoms with Crippen molar-refractivity contribution in [3.63, 3.8) is 0 Å². The van der Waals surface area contributed by atoms with Gasteiger partial charge in [-0.15, -0.1) is 0 Å². The standard InChI is InChI=1S/C14H18N2O3.H2S/c1-10(17)15-12-13(18)16(14(12,2)3)19-9-11-7-5-4-6-8-11;/h4-8,12H,9H2,1-3H3,(H,15,17);1H2/t12-;/m1./s1. The number of hydroxylamine groups is 2. The van der Waals surface area contributed by atoms with E-state index in [1.165, 1.54) is 12.0 Å². The van der Waals surface area contributed by atoms with E-state index in [0.29, 0.717) is 6.61 Å². The minimum atomic E-state index is -0.530. The van der Waals surface area contributed by atoms with Crippen LogP contribution in [0.1, 0.15) is 26.3 Å². The first-order valence-corrected chi connectivity index (χ1v) is 6.21. The van der Waals surface area contributed by atoms with E-state index in [-0.39, 0.29) is 25.3 Å². The van der Waals surface area contributed by atoms with Crippen molar-refractivity contribution in [2.45, 2.75) is 39.0 Å². The molecule has 1 atom stereocenters. The molecule has 0 radical (unpaired) electrons. The minimum absolute atomic E-state index is 0. The van der Waals surface area contributed by atoms with Crippen LogP contribution in [0.5, 0.6) is 0 Å². The highest BCUT2D eigenvalue weighted by molar-refractivity contribution is 7.59. The predicted octanol–water partition coefficient (Wildman–Crippen LogP) is 1.36. The molecule has 5 nitrogen and oxygen atoms in total. The molecule has 0 aromatic heterocycles. The zero-order chi connectivity index (χ0) is 14.0. The Morgan fingerprint density at radius 1 is 1.35 bits per heavy atom. The van der Waals surface area contributed by atoms with Crippen LogP contribution >= 0.6 is 13.5 Å². The first-order valence-electron chi connectivity index (χ1n) is 6.21. The molecule has 1 heterocycles. The topological polar surface area (TPSA) is 58.6 Å². The van der Waals surface area contributed by atoms with Crippen LogP contribution in [0, 0.1) is 0 Å². The van der Waals surface area contributed by atoms with Crippen LogP contribution in [0.2, 0.25) is 0 Å². The zero-order valence-corrected chi connectivity index (χ0v) is 12.8. The summed E-state index contributed by atoms with van der Waals surface area (Å²) in [5, 5.41) is 3.97. The van der Waals surface area contributed by atoms with Crippen molar-refractivity contribution in [2.24, 2.45) is 0 Å². The molecular formula is C14H20N2O3S. The van der Waals surface area contributed by atoms with Gasteiger partial charge in [-0.3, -0.25) is 14.4 Å². The van der Waals surface area contributed by atoms with Crippen LogP contribution in [-0.2, 0) is 21.0 Å². The van der Waals surface area contributed by atoms with E-state index in [1.54, 1.807) is 0 Å². The summed E-state index contributed by atoms with van der Waals surface area (Å²) in [7, 11) is 0. The fraction of sp³-hybridized carbons (Fsp3) is 0.429. The van der Waals surface area contributed by atoms with Gasteiger partial charge in [-0.25, -0.2) is 5.06 Å². The lowest BCUT2D eigenvalue weighted by Crippen LogP contribution is -2.76. The van der Waals surface area contributed by atoms with E-state index in [9.17, 15) is 9.59 Å². The number of amides is 2. The second-order valence-corrected chi connectivity index (χ2v) is 5.18. The first-order chi connectivity index (χ1) is 8.93. The fourth-order valence-corrected chi connectivity index (χ4v) is 2.14. The Hall–Kier alpha value is -1.53. The van der Waals surface area contributed by atoms with E-state index in [4.69, 9.17) is 4.84 Å². The van der Waals surface area contributed by atoms with Crippen molar-refractivity contribution < 1.29 is 14.4 Å². The largest absolute Gasteiger partial charge is 0.342 e. The Morgan fingerprint density at radius 3 is 2.45 bits per heavy atom. The average molecular weight is 296 g/mol. The van der Waals surface area contributed by atoms with E-state index in [1.807, 2.05) is 44.2 Å². The van der Waals surface area contributed by atoms with Crippen LogP contribution in [0.15, 0.2) is 30.3 Å². The second kappa shape index (κ2) is 6.28. The van der Waals surface area contributed by atoms with Crippen molar-refractivity contribution in [1.82, 2.24) is 10.4 Å². The molecule has 1 saturated heterocycles. The quantitative estimate of drug-likeness (QED) is 0.853. The maximum Gasteiger partial charge on any atom is 0.271 e. The van der Waals surface area contributed by atoms with Crippen LogP contribution in [0.4, 0.5) is 0 Å². The van der Waals surface area contributed by atoms with Crippen LogP contribution in [0.25, 0.3) is 0 Å². The van der Waals surface area contributed by atoms with E-state index < -0.39 is 11.6 Å². The van der Waals surface area contributed by atoms with Gasteiger partial charge in [0.25, 0.3) is 5.91 Å². The molecule has 6 heteroatoms. The van der Waals surface area contributed by atoms with Gasteiger partial charge in [0.15, 0.2) is 0 Å². The number of hydrogen-bond donors (Lipinski definition) is 1. The number of carbonyl (C=O) groups is 2. The minimum Gasteiger partial charge on any atom is -0.342 e. The van der Waals surface area contributed by atoms with Crippen LogP contribution in [0.3, 0.4) is 0 Å². The second-order valence-electron chi connectivity index (χ2n) is 5.18. The molecule has 1 aromatic carbocycles. The summed E-state index contributed by atoms with van der Waals surface area (Å²) < 4.78 is 0. The molecule has 0 unspecified atom stereocenters. The van der Waals surface area contributed by atoms with Crippen molar-refractivity contribution in [2.75, 3.05) is 0 Å². The third kappa shape index (κ3) is 3.13. The molecule has 1 aliphatic heterocycles. The number of carbonyl (C=O) groups excluding carboxylic acids is 2. The van der Waals surface area contributed by atoms with Gasteiger partial charge in [-0.05, 0) is 19.4 Å². The molecule has 1 N–H and O–H groups in total. The number of nitrogens with zero attached hydrogens (tertiary/aromatic N) is 1. The number of nitrogens with one attached hydrogen (secondary N) is 1. The lowest BCUT2D eigenvalue weighted by atomic mass is 9.84. The van der Waals surface area contributed by atoms with Crippen molar-refractivity contribution in [3.8, 4) is 0 Å². The molecule has 2 rings (SSSR count). The number of β-lactam (4-membered cyclic amide) rings is 1. The number of rotatable bonds is 4. The van der Waals surface area contributed by atoms with E-state index in [2.05, 4.69) is 5.32 Å². The first kappa shape index (κ1) is 16.5. The van der Waals surface area contributed by atoms with Gasteiger partial charge in [0.05, 0.1) is 5.54 Å². The number of hydrogen-bond acceptors (Lipinski definition) is 3. The van der Waals surface area contributed by atoms with Gasteiger partial charge in [-0.2, -0.15) is 13.5 Å². The summed E-state index contributed by atoms with van der Waals surface area (Å²) in [5.41, 5.74) is 0.464. The summed E-state index contributed by atoms with van der Waals surface area (Å²) in [6.07, 6.45) is 0. The SMILES string of the molecule is CC(=O)N[C@@H]1C(=O)N(OCc2ccccc2)C1(C)C.S. The summed E-state index contributed by atoms with van der Waals surface area (Å²) in [4.78, 5) is 28.5. The van der Waals surface area contributed by atoms with Gasteiger partial charge in [0, 0.05) is 6.92 Å². The van der Waals surface area contributed by atoms with Crippen LogP contribution in [-0.4, -0.2) is 28.5 Å². The summed E-state index contributed by atoms with van der Waals surface area (Å²) in [5.74, 6) is -0.426. The van der Waals surface area contributed by atoms with Crippen molar-refractivity contribution in [3.05, 3.63) is 35.9 Å². The van der Waals surface area contributed by atoms with Gasteiger partial charge in [0.2, 0.25) is 5.91 Å². The molecule has 0 bridgehead atoms. The molecule has 0 saturated carbocycles. The zero-order valence-electron chi connectivity index (χ0n) is 11.8. The molecule has 1 fully saturated rings. The number of benzene rings is 1. The Kier molecular flexibility index (Phi) is 5.19. The molecule has 0 aliphatic carbocycles. The van der Waals surface area contributed by atoms with Gasteiger partial charge >= 0.3 is 0 Å². The molecule has 20 heavy (non-hydrogen) atoms. The molecule has 1 aromatic rings. The van der Waals surface area contributed by atoms with Crippen LogP contribution < -0.4 is 5.32 Å². The van der Waals surface area contributed by atoms with Gasteiger partial charge < -0.3 is 5.32 Å². The lowest BCUT2D eigenvalue weighted by molar-refractivity contribution is -0.263. The smallest absolute Gasteiger partial charge is 0.271 e. The Morgan fingerprint density at radius 2 is 1.95 bits per heavy atom. The molecule has 1 aliphatic rings.